The van der Waals surface area contributed by atoms with Crippen LogP contribution in [0.3, 0.4) is 0 Å². The molecule has 5 nitrogen and oxygen atoms in total. The standard InChI is InChI=1S/C15H15BrN2O3/c1-21-14-8-3-2-5-11(14)9-17-10-12-6-4-7-13(15(12)16)18(19)20/h2-8,17H,9-10H2,1H3. The van der Waals surface area contributed by atoms with Crippen LogP contribution >= 0.6 is 15.9 Å². The van der Waals surface area contributed by atoms with Crippen molar-refractivity contribution in [3.8, 4) is 5.75 Å². The van der Waals surface area contributed by atoms with Crippen molar-refractivity contribution in [2.75, 3.05) is 7.11 Å². The van der Waals surface area contributed by atoms with E-state index in [9.17, 15) is 10.1 Å². The summed E-state index contributed by atoms with van der Waals surface area (Å²) in [5.41, 5.74) is 1.97. The predicted octanol–water partition coefficient (Wildman–Crippen LogP) is 3.66. The highest BCUT2D eigenvalue weighted by atomic mass is 79.9. The summed E-state index contributed by atoms with van der Waals surface area (Å²) in [7, 11) is 1.63. The highest BCUT2D eigenvalue weighted by Crippen LogP contribution is 2.28. The fraction of sp³-hybridized carbons (Fsp3) is 0.200. The van der Waals surface area contributed by atoms with Gasteiger partial charge in [0.1, 0.15) is 5.75 Å². The predicted molar refractivity (Wildman–Crippen MR) is 84.3 cm³/mol. The Morgan fingerprint density at radius 2 is 1.81 bits per heavy atom. The maximum absolute atomic E-state index is 10.9. The molecule has 0 fully saturated rings. The number of ether oxygens (including phenoxy) is 1. The molecule has 0 saturated carbocycles. The van der Waals surface area contributed by atoms with Gasteiger partial charge in [-0.1, -0.05) is 30.3 Å². The molecule has 0 heterocycles. The normalized spacial score (nSPS) is 10.4. The van der Waals surface area contributed by atoms with E-state index in [4.69, 9.17) is 4.74 Å². The number of benzene rings is 2. The summed E-state index contributed by atoms with van der Waals surface area (Å²) in [6.45, 7) is 1.15. The number of nitrogens with zero attached hydrogens (tertiary/aromatic N) is 1. The first-order valence-corrected chi connectivity index (χ1v) is 7.17. The van der Waals surface area contributed by atoms with Crippen molar-refractivity contribution in [1.82, 2.24) is 5.32 Å². The Bertz CT molecular complexity index is 647. The Kier molecular flexibility index (Phi) is 5.30. The molecule has 0 saturated heterocycles. The highest BCUT2D eigenvalue weighted by Gasteiger charge is 2.14. The van der Waals surface area contributed by atoms with Gasteiger partial charge in [-0.2, -0.15) is 0 Å². The van der Waals surface area contributed by atoms with Gasteiger partial charge in [-0.3, -0.25) is 10.1 Å². The summed E-state index contributed by atoms with van der Waals surface area (Å²) in [5.74, 6) is 0.822. The fourth-order valence-corrected chi connectivity index (χ4v) is 2.57. The molecule has 0 aromatic heterocycles. The van der Waals surface area contributed by atoms with Crippen molar-refractivity contribution >= 4 is 21.6 Å². The lowest BCUT2D eigenvalue weighted by Gasteiger charge is -2.10. The summed E-state index contributed by atoms with van der Waals surface area (Å²) >= 11 is 3.29. The number of nitro groups is 1. The van der Waals surface area contributed by atoms with Gasteiger partial charge in [-0.05, 0) is 27.6 Å². The molecule has 0 bridgehead atoms. The molecule has 0 atom stereocenters. The van der Waals surface area contributed by atoms with Crippen molar-refractivity contribution in [3.05, 3.63) is 68.2 Å². The molecule has 2 aromatic carbocycles. The minimum absolute atomic E-state index is 0.0755. The molecule has 21 heavy (non-hydrogen) atoms. The number of methoxy groups -OCH3 is 1. The van der Waals surface area contributed by atoms with Crippen LogP contribution in [0.4, 0.5) is 5.69 Å². The van der Waals surface area contributed by atoms with Gasteiger partial charge in [0, 0.05) is 24.7 Å². The van der Waals surface area contributed by atoms with E-state index in [2.05, 4.69) is 21.2 Å². The van der Waals surface area contributed by atoms with Gasteiger partial charge in [0.25, 0.3) is 5.69 Å². The molecule has 1 N–H and O–H groups in total. The summed E-state index contributed by atoms with van der Waals surface area (Å²) < 4.78 is 5.80. The molecule has 0 spiro atoms. The number of rotatable bonds is 6. The lowest BCUT2D eigenvalue weighted by atomic mass is 10.1. The second kappa shape index (κ2) is 7.19. The molecule has 0 aliphatic carbocycles. The van der Waals surface area contributed by atoms with Crippen molar-refractivity contribution < 1.29 is 9.66 Å². The average molecular weight is 351 g/mol. The Morgan fingerprint density at radius 3 is 2.52 bits per heavy atom. The SMILES string of the molecule is COc1ccccc1CNCc1cccc([N+](=O)[O-])c1Br. The van der Waals surface area contributed by atoms with Gasteiger partial charge in [0.2, 0.25) is 0 Å². The molecule has 0 amide bonds. The maximum atomic E-state index is 10.9. The fourth-order valence-electron chi connectivity index (χ4n) is 2.02. The first-order valence-electron chi connectivity index (χ1n) is 6.38. The number of halogens is 1. The molecule has 0 aliphatic rings. The lowest BCUT2D eigenvalue weighted by Crippen LogP contribution is -2.14. The van der Waals surface area contributed by atoms with E-state index in [0.29, 0.717) is 17.6 Å². The number of hydrogen-bond acceptors (Lipinski definition) is 4. The zero-order chi connectivity index (χ0) is 15.2. The maximum Gasteiger partial charge on any atom is 0.283 e. The van der Waals surface area contributed by atoms with Crippen molar-refractivity contribution in [1.29, 1.82) is 0 Å². The average Bonchev–Trinajstić information content (AvgIpc) is 2.49. The van der Waals surface area contributed by atoms with Crippen molar-refractivity contribution in [2.24, 2.45) is 0 Å². The third kappa shape index (κ3) is 3.80. The van der Waals surface area contributed by atoms with Crippen LogP contribution in [0.1, 0.15) is 11.1 Å². The number of nitrogens with one attached hydrogen (secondary N) is 1. The minimum atomic E-state index is -0.395. The Hall–Kier alpha value is -1.92. The van der Waals surface area contributed by atoms with E-state index < -0.39 is 4.92 Å². The van der Waals surface area contributed by atoms with E-state index >= 15 is 0 Å². The van der Waals surface area contributed by atoms with Gasteiger partial charge in [0.05, 0.1) is 16.5 Å². The minimum Gasteiger partial charge on any atom is -0.496 e. The first kappa shape index (κ1) is 15.5. The van der Waals surface area contributed by atoms with Crippen LogP contribution in [-0.2, 0) is 13.1 Å². The van der Waals surface area contributed by atoms with Gasteiger partial charge in [-0.25, -0.2) is 0 Å². The Balaban J connectivity index is 2.04. The van der Waals surface area contributed by atoms with Crippen LogP contribution in [0, 0.1) is 10.1 Å². The van der Waals surface area contributed by atoms with Gasteiger partial charge < -0.3 is 10.1 Å². The molecule has 110 valence electrons. The monoisotopic (exact) mass is 350 g/mol. The van der Waals surface area contributed by atoms with Crippen molar-refractivity contribution in [3.63, 3.8) is 0 Å². The zero-order valence-electron chi connectivity index (χ0n) is 11.5. The summed E-state index contributed by atoms with van der Waals surface area (Å²) in [6, 6.07) is 12.8. The second-order valence-electron chi connectivity index (χ2n) is 4.42. The van der Waals surface area contributed by atoms with Crippen molar-refractivity contribution in [2.45, 2.75) is 13.1 Å². The topological polar surface area (TPSA) is 64.4 Å². The van der Waals surface area contributed by atoms with Gasteiger partial charge in [0.15, 0.2) is 0 Å². The van der Waals surface area contributed by atoms with Crippen LogP contribution < -0.4 is 10.1 Å². The van der Waals surface area contributed by atoms with Crippen LogP contribution in [0.15, 0.2) is 46.9 Å². The quantitative estimate of drug-likeness (QED) is 0.637. The van der Waals surface area contributed by atoms with E-state index in [0.717, 1.165) is 16.9 Å². The van der Waals surface area contributed by atoms with Gasteiger partial charge in [-0.15, -0.1) is 0 Å². The summed E-state index contributed by atoms with van der Waals surface area (Å²) in [6.07, 6.45) is 0. The number of nitro benzene ring substituents is 1. The van der Waals surface area contributed by atoms with Crippen LogP contribution in [-0.4, -0.2) is 12.0 Å². The third-order valence-electron chi connectivity index (χ3n) is 3.08. The van der Waals surface area contributed by atoms with Crippen LogP contribution in [0.2, 0.25) is 0 Å². The molecule has 6 heteroatoms. The summed E-state index contributed by atoms with van der Waals surface area (Å²) in [5, 5.41) is 14.2. The summed E-state index contributed by atoms with van der Waals surface area (Å²) in [4.78, 5) is 10.5. The molecule has 2 aromatic rings. The molecule has 0 unspecified atom stereocenters. The molecular weight excluding hydrogens is 336 g/mol. The van der Waals surface area contributed by atoms with Gasteiger partial charge >= 0.3 is 0 Å². The molecule has 2 rings (SSSR count). The highest BCUT2D eigenvalue weighted by molar-refractivity contribution is 9.10. The molecule has 0 aliphatic heterocycles. The Morgan fingerprint density at radius 1 is 1.14 bits per heavy atom. The first-order chi connectivity index (χ1) is 10.1. The largest absolute Gasteiger partial charge is 0.496 e. The van der Waals surface area contributed by atoms with E-state index in [-0.39, 0.29) is 5.69 Å². The zero-order valence-corrected chi connectivity index (χ0v) is 13.1. The number of hydrogen-bond donors (Lipinski definition) is 1. The molecular formula is C15H15BrN2O3. The molecule has 0 radical (unpaired) electrons. The number of para-hydroxylation sites is 1. The van der Waals surface area contributed by atoms with Crippen LogP contribution in [0.25, 0.3) is 0 Å². The third-order valence-corrected chi connectivity index (χ3v) is 3.99. The Labute approximate surface area is 131 Å². The van der Waals surface area contributed by atoms with E-state index in [1.807, 2.05) is 30.3 Å². The van der Waals surface area contributed by atoms with E-state index in [1.54, 1.807) is 13.2 Å². The van der Waals surface area contributed by atoms with Crippen LogP contribution in [0.5, 0.6) is 5.75 Å². The lowest BCUT2D eigenvalue weighted by molar-refractivity contribution is -0.385. The van der Waals surface area contributed by atoms with E-state index in [1.165, 1.54) is 6.07 Å². The second-order valence-corrected chi connectivity index (χ2v) is 5.22. The smallest absolute Gasteiger partial charge is 0.283 e.